The minimum absolute atomic E-state index is 0.128. The molecule has 1 N–H and O–H groups in total. The first-order valence-electron chi connectivity index (χ1n) is 5.86. The summed E-state index contributed by atoms with van der Waals surface area (Å²) >= 11 is 1.63. The number of hydrogen-bond donors (Lipinski definition) is 1. The van der Waals surface area contributed by atoms with Crippen molar-refractivity contribution in [3.8, 4) is 0 Å². The summed E-state index contributed by atoms with van der Waals surface area (Å²) in [6, 6.07) is 13.5. The second-order valence-corrected chi connectivity index (χ2v) is 4.92. The van der Waals surface area contributed by atoms with Crippen molar-refractivity contribution >= 4 is 17.7 Å². The summed E-state index contributed by atoms with van der Waals surface area (Å²) in [5, 5.41) is 2.80. The van der Waals surface area contributed by atoms with Crippen molar-refractivity contribution in [3.05, 3.63) is 65.5 Å². The van der Waals surface area contributed by atoms with E-state index in [2.05, 4.69) is 5.32 Å². The monoisotopic (exact) mass is 275 g/mol. The first-order valence-corrected chi connectivity index (χ1v) is 7.08. The largest absolute Gasteiger partial charge is 0.348 e. The number of nitrogens with one attached hydrogen (secondary N) is 1. The number of amides is 1. The molecule has 0 radical (unpaired) electrons. The van der Waals surface area contributed by atoms with Gasteiger partial charge in [-0.05, 0) is 48.2 Å². The Labute approximate surface area is 116 Å². The summed E-state index contributed by atoms with van der Waals surface area (Å²) in [4.78, 5) is 13.0. The van der Waals surface area contributed by atoms with E-state index in [-0.39, 0.29) is 11.7 Å². The van der Waals surface area contributed by atoms with Crippen LogP contribution in [-0.4, -0.2) is 12.2 Å². The Bertz CT molecular complexity index is 551. The maximum atomic E-state index is 12.7. The molecule has 2 aromatic rings. The van der Waals surface area contributed by atoms with Gasteiger partial charge in [0, 0.05) is 17.0 Å². The highest BCUT2D eigenvalue weighted by molar-refractivity contribution is 7.98. The zero-order valence-corrected chi connectivity index (χ0v) is 11.3. The Hall–Kier alpha value is -1.81. The molecule has 4 heteroatoms. The third-order valence-corrected chi connectivity index (χ3v) is 3.46. The fourth-order valence-corrected chi connectivity index (χ4v) is 2.04. The predicted molar refractivity (Wildman–Crippen MR) is 75.8 cm³/mol. The van der Waals surface area contributed by atoms with E-state index in [9.17, 15) is 9.18 Å². The number of carbonyl (C=O) groups excluding carboxylic acids is 1. The van der Waals surface area contributed by atoms with Crippen LogP contribution in [0.5, 0.6) is 0 Å². The van der Waals surface area contributed by atoms with E-state index >= 15 is 0 Å². The smallest absolute Gasteiger partial charge is 0.251 e. The summed E-state index contributed by atoms with van der Waals surface area (Å²) in [5.74, 6) is -0.403. The van der Waals surface area contributed by atoms with Crippen LogP contribution in [0.25, 0.3) is 0 Å². The zero-order valence-electron chi connectivity index (χ0n) is 10.5. The van der Waals surface area contributed by atoms with Gasteiger partial charge in [-0.1, -0.05) is 12.1 Å². The van der Waals surface area contributed by atoms with E-state index in [1.807, 2.05) is 18.4 Å². The molecule has 0 aromatic heterocycles. The summed E-state index contributed by atoms with van der Waals surface area (Å²) in [6.45, 7) is 0.392. The summed E-state index contributed by atoms with van der Waals surface area (Å²) in [7, 11) is 0. The molecule has 1 amide bonds. The van der Waals surface area contributed by atoms with Gasteiger partial charge in [0.2, 0.25) is 0 Å². The molecule has 0 aliphatic heterocycles. The van der Waals surface area contributed by atoms with Crippen LogP contribution in [0.1, 0.15) is 15.9 Å². The molecule has 0 unspecified atom stereocenters. The minimum atomic E-state index is -0.275. The summed E-state index contributed by atoms with van der Waals surface area (Å²) in [6.07, 6.45) is 1.99. The molecule has 0 atom stereocenters. The fourth-order valence-electron chi connectivity index (χ4n) is 1.63. The molecule has 0 heterocycles. The van der Waals surface area contributed by atoms with Crippen molar-refractivity contribution in [2.24, 2.45) is 0 Å². The lowest BCUT2D eigenvalue weighted by Crippen LogP contribution is -2.22. The Morgan fingerprint density at radius 2 is 1.74 bits per heavy atom. The van der Waals surface area contributed by atoms with Crippen LogP contribution < -0.4 is 5.32 Å². The molecule has 0 saturated carbocycles. The van der Waals surface area contributed by atoms with Crippen molar-refractivity contribution in [1.82, 2.24) is 5.32 Å². The molecule has 0 aliphatic carbocycles. The van der Waals surface area contributed by atoms with Crippen LogP contribution in [0.3, 0.4) is 0 Å². The van der Waals surface area contributed by atoms with Crippen molar-refractivity contribution in [2.45, 2.75) is 11.4 Å². The maximum absolute atomic E-state index is 12.7. The van der Waals surface area contributed by atoms with Crippen molar-refractivity contribution < 1.29 is 9.18 Å². The standard InChI is InChI=1S/C15H14FNOS/c1-19-14-8-4-12(5-9-14)15(18)17-10-11-2-6-13(16)7-3-11/h2-9H,10H2,1H3,(H,17,18). The third-order valence-electron chi connectivity index (χ3n) is 2.72. The van der Waals surface area contributed by atoms with Gasteiger partial charge in [-0.15, -0.1) is 11.8 Å². The normalized spacial score (nSPS) is 10.2. The number of rotatable bonds is 4. The van der Waals surface area contributed by atoms with Crippen LogP contribution in [0.2, 0.25) is 0 Å². The van der Waals surface area contributed by atoms with E-state index in [0.29, 0.717) is 12.1 Å². The first kappa shape index (κ1) is 13.6. The fraction of sp³-hybridized carbons (Fsp3) is 0.133. The number of thioether (sulfide) groups is 1. The summed E-state index contributed by atoms with van der Waals surface area (Å²) < 4.78 is 12.7. The molecular formula is C15H14FNOS. The van der Waals surface area contributed by atoms with E-state index in [1.165, 1.54) is 12.1 Å². The molecule has 2 rings (SSSR count). The lowest BCUT2D eigenvalue weighted by molar-refractivity contribution is 0.0951. The maximum Gasteiger partial charge on any atom is 0.251 e. The molecule has 2 nitrogen and oxygen atoms in total. The number of carbonyl (C=O) groups is 1. The molecule has 19 heavy (non-hydrogen) atoms. The van der Waals surface area contributed by atoms with Gasteiger partial charge in [-0.2, -0.15) is 0 Å². The van der Waals surface area contributed by atoms with Gasteiger partial charge in [0.05, 0.1) is 0 Å². The zero-order chi connectivity index (χ0) is 13.7. The Morgan fingerprint density at radius 3 is 2.32 bits per heavy atom. The van der Waals surface area contributed by atoms with E-state index in [4.69, 9.17) is 0 Å². The second-order valence-electron chi connectivity index (χ2n) is 4.04. The molecule has 0 saturated heterocycles. The first-order chi connectivity index (χ1) is 9.19. The Kier molecular flexibility index (Phi) is 4.58. The SMILES string of the molecule is CSc1ccc(C(=O)NCc2ccc(F)cc2)cc1. The third kappa shape index (κ3) is 3.83. The number of halogens is 1. The van der Waals surface area contributed by atoms with Gasteiger partial charge in [0.15, 0.2) is 0 Å². The Balaban J connectivity index is 1.95. The van der Waals surface area contributed by atoms with Crippen molar-refractivity contribution in [3.63, 3.8) is 0 Å². The Morgan fingerprint density at radius 1 is 1.11 bits per heavy atom. The molecule has 2 aromatic carbocycles. The van der Waals surface area contributed by atoms with Gasteiger partial charge >= 0.3 is 0 Å². The molecular weight excluding hydrogens is 261 g/mol. The van der Waals surface area contributed by atoms with Crippen molar-refractivity contribution in [2.75, 3.05) is 6.26 Å². The topological polar surface area (TPSA) is 29.1 Å². The predicted octanol–water partition coefficient (Wildman–Crippen LogP) is 3.48. The number of hydrogen-bond acceptors (Lipinski definition) is 2. The molecule has 0 fully saturated rings. The highest BCUT2D eigenvalue weighted by Crippen LogP contribution is 2.14. The average Bonchev–Trinajstić information content (AvgIpc) is 2.46. The molecule has 0 bridgehead atoms. The van der Waals surface area contributed by atoms with Gasteiger partial charge in [-0.3, -0.25) is 4.79 Å². The summed E-state index contributed by atoms with van der Waals surface area (Å²) in [5.41, 5.74) is 1.50. The molecule has 0 spiro atoms. The van der Waals surface area contributed by atoms with Gasteiger partial charge in [0.25, 0.3) is 5.91 Å². The highest BCUT2D eigenvalue weighted by atomic mass is 32.2. The van der Waals surface area contributed by atoms with Gasteiger partial charge in [-0.25, -0.2) is 4.39 Å². The van der Waals surface area contributed by atoms with Crippen molar-refractivity contribution in [1.29, 1.82) is 0 Å². The second kappa shape index (κ2) is 6.38. The highest BCUT2D eigenvalue weighted by Gasteiger charge is 2.05. The quantitative estimate of drug-likeness (QED) is 0.866. The van der Waals surface area contributed by atoms with Crippen LogP contribution in [0, 0.1) is 5.82 Å². The average molecular weight is 275 g/mol. The van der Waals surface area contributed by atoms with Gasteiger partial charge in [0.1, 0.15) is 5.82 Å². The van der Waals surface area contributed by atoms with E-state index in [0.717, 1.165) is 10.5 Å². The van der Waals surface area contributed by atoms with E-state index in [1.54, 1.807) is 36.0 Å². The lowest BCUT2D eigenvalue weighted by atomic mass is 10.2. The number of benzene rings is 2. The van der Waals surface area contributed by atoms with Crippen LogP contribution >= 0.6 is 11.8 Å². The molecule has 98 valence electrons. The van der Waals surface area contributed by atoms with Crippen LogP contribution in [0.15, 0.2) is 53.4 Å². The van der Waals surface area contributed by atoms with Crippen LogP contribution in [0.4, 0.5) is 4.39 Å². The molecule has 0 aliphatic rings. The van der Waals surface area contributed by atoms with Gasteiger partial charge < -0.3 is 5.32 Å². The van der Waals surface area contributed by atoms with E-state index < -0.39 is 0 Å². The lowest BCUT2D eigenvalue weighted by Gasteiger charge is -2.06. The van der Waals surface area contributed by atoms with Crippen LogP contribution in [-0.2, 0) is 6.54 Å². The minimum Gasteiger partial charge on any atom is -0.348 e.